The van der Waals surface area contributed by atoms with Gasteiger partial charge in [-0.15, -0.1) is 0 Å². The lowest BCUT2D eigenvalue weighted by Crippen LogP contribution is -2.07. The monoisotopic (exact) mass is 272 g/mol. The molecule has 0 unspecified atom stereocenters. The number of aromatic amines is 1. The van der Waals surface area contributed by atoms with Crippen molar-refractivity contribution in [2.24, 2.45) is 0 Å². The van der Waals surface area contributed by atoms with Gasteiger partial charge in [-0.1, -0.05) is 41.0 Å². The van der Waals surface area contributed by atoms with Crippen LogP contribution in [-0.2, 0) is 0 Å². The second-order valence-corrected chi connectivity index (χ2v) is 4.77. The minimum atomic E-state index is -0.198. The zero-order chi connectivity index (χ0) is 11.5. The number of halogens is 2. The first-order chi connectivity index (χ1) is 7.68. The molecule has 1 heterocycles. The van der Waals surface area contributed by atoms with Crippen molar-refractivity contribution in [2.45, 2.75) is 9.79 Å². The molecule has 0 radical (unpaired) electrons. The van der Waals surface area contributed by atoms with Crippen LogP contribution in [0, 0.1) is 0 Å². The molecule has 6 heteroatoms. The standard InChI is InChI=1S/C10H6Cl2N2OS/c11-6-2-1-3-7(9(6)12)16-8-4-13-5-14-10(8)15/h1-5H,(H,13,14,15). The van der Waals surface area contributed by atoms with E-state index in [0.29, 0.717) is 14.9 Å². The van der Waals surface area contributed by atoms with Crippen LogP contribution in [0.15, 0.2) is 45.3 Å². The minimum absolute atomic E-state index is 0.198. The summed E-state index contributed by atoms with van der Waals surface area (Å²) in [5.41, 5.74) is -0.198. The Morgan fingerprint density at radius 2 is 2.06 bits per heavy atom. The van der Waals surface area contributed by atoms with Gasteiger partial charge in [-0.25, -0.2) is 4.98 Å². The number of hydrogen-bond donors (Lipinski definition) is 1. The van der Waals surface area contributed by atoms with Crippen molar-refractivity contribution < 1.29 is 0 Å². The van der Waals surface area contributed by atoms with E-state index in [1.54, 1.807) is 18.2 Å². The maximum Gasteiger partial charge on any atom is 0.264 e. The van der Waals surface area contributed by atoms with Crippen molar-refractivity contribution in [1.82, 2.24) is 9.97 Å². The predicted molar refractivity (Wildman–Crippen MR) is 65.4 cm³/mol. The van der Waals surface area contributed by atoms with Gasteiger partial charge in [0.25, 0.3) is 5.56 Å². The topological polar surface area (TPSA) is 45.8 Å². The molecule has 0 spiro atoms. The highest BCUT2D eigenvalue weighted by molar-refractivity contribution is 7.99. The van der Waals surface area contributed by atoms with Gasteiger partial charge in [-0.2, -0.15) is 0 Å². The zero-order valence-electron chi connectivity index (χ0n) is 7.91. The molecule has 82 valence electrons. The van der Waals surface area contributed by atoms with Gasteiger partial charge in [0.05, 0.1) is 21.3 Å². The van der Waals surface area contributed by atoms with E-state index in [0.717, 1.165) is 4.90 Å². The van der Waals surface area contributed by atoms with Crippen LogP contribution >= 0.6 is 35.0 Å². The van der Waals surface area contributed by atoms with Gasteiger partial charge >= 0.3 is 0 Å². The average Bonchev–Trinajstić information content (AvgIpc) is 2.28. The van der Waals surface area contributed by atoms with E-state index >= 15 is 0 Å². The summed E-state index contributed by atoms with van der Waals surface area (Å²) in [5.74, 6) is 0. The van der Waals surface area contributed by atoms with Gasteiger partial charge in [-0.3, -0.25) is 4.79 Å². The molecule has 0 saturated heterocycles. The summed E-state index contributed by atoms with van der Waals surface area (Å²) in [4.78, 5) is 19.0. The normalized spacial score (nSPS) is 10.4. The molecule has 16 heavy (non-hydrogen) atoms. The third kappa shape index (κ3) is 2.40. The highest BCUT2D eigenvalue weighted by atomic mass is 35.5. The molecular weight excluding hydrogens is 267 g/mol. The number of nitrogens with zero attached hydrogens (tertiary/aromatic N) is 1. The quantitative estimate of drug-likeness (QED) is 0.913. The molecule has 0 aliphatic heterocycles. The van der Waals surface area contributed by atoms with Gasteiger partial charge < -0.3 is 4.98 Å². The molecule has 0 atom stereocenters. The second-order valence-electron chi connectivity index (χ2n) is 2.90. The van der Waals surface area contributed by atoms with Crippen molar-refractivity contribution >= 4 is 35.0 Å². The molecule has 3 nitrogen and oxygen atoms in total. The Bertz CT molecular complexity index is 571. The highest BCUT2D eigenvalue weighted by Gasteiger charge is 2.08. The number of benzene rings is 1. The molecule has 1 aromatic heterocycles. The van der Waals surface area contributed by atoms with Gasteiger partial charge in [0.2, 0.25) is 0 Å². The van der Waals surface area contributed by atoms with Crippen LogP contribution < -0.4 is 5.56 Å². The van der Waals surface area contributed by atoms with Crippen molar-refractivity contribution in [1.29, 1.82) is 0 Å². The zero-order valence-corrected chi connectivity index (χ0v) is 10.2. The van der Waals surface area contributed by atoms with E-state index in [1.807, 2.05) is 0 Å². The molecule has 2 aromatic rings. The third-order valence-corrected chi connectivity index (χ3v) is 3.82. The van der Waals surface area contributed by atoms with Crippen LogP contribution in [0.25, 0.3) is 0 Å². The lowest BCUT2D eigenvalue weighted by Gasteiger charge is -2.03. The number of hydrogen-bond acceptors (Lipinski definition) is 3. The summed E-state index contributed by atoms with van der Waals surface area (Å²) in [6, 6.07) is 5.27. The van der Waals surface area contributed by atoms with Crippen molar-refractivity contribution in [3.63, 3.8) is 0 Å². The summed E-state index contributed by atoms with van der Waals surface area (Å²) < 4.78 is 0. The lowest BCUT2D eigenvalue weighted by molar-refractivity contribution is 1.04. The number of rotatable bonds is 2. The Kier molecular flexibility index (Phi) is 3.53. The fraction of sp³-hybridized carbons (Fsp3) is 0. The first-order valence-electron chi connectivity index (χ1n) is 4.33. The van der Waals surface area contributed by atoms with Crippen molar-refractivity contribution in [3.8, 4) is 0 Å². The van der Waals surface area contributed by atoms with Gasteiger partial charge in [-0.05, 0) is 12.1 Å². The molecule has 0 bridgehead atoms. The summed E-state index contributed by atoms with van der Waals surface area (Å²) in [6.45, 7) is 0. The first kappa shape index (κ1) is 11.5. The first-order valence-corrected chi connectivity index (χ1v) is 5.90. The highest BCUT2D eigenvalue weighted by Crippen LogP contribution is 2.35. The van der Waals surface area contributed by atoms with Crippen LogP contribution in [-0.4, -0.2) is 9.97 Å². The van der Waals surface area contributed by atoms with Gasteiger partial charge in [0, 0.05) is 11.1 Å². The number of nitrogens with one attached hydrogen (secondary N) is 1. The molecule has 1 N–H and O–H groups in total. The number of H-pyrrole nitrogens is 1. The fourth-order valence-electron chi connectivity index (χ4n) is 1.08. The molecular formula is C10H6Cl2N2OS. The summed E-state index contributed by atoms with van der Waals surface area (Å²) in [7, 11) is 0. The fourth-order valence-corrected chi connectivity index (χ4v) is 2.41. The average molecular weight is 273 g/mol. The van der Waals surface area contributed by atoms with E-state index in [2.05, 4.69) is 9.97 Å². The Balaban J connectivity index is 2.38. The van der Waals surface area contributed by atoms with Crippen LogP contribution in [0.4, 0.5) is 0 Å². The van der Waals surface area contributed by atoms with E-state index in [1.165, 1.54) is 24.3 Å². The van der Waals surface area contributed by atoms with Crippen LogP contribution in [0.2, 0.25) is 10.0 Å². The lowest BCUT2D eigenvalue weighted by atomic mass is 10.4. The Hall–Kier alpha value is -0.970. The summed E-state index contributed by atoms with van der Waals surface area (Å²) in [6.07, 6.45) is 2.83. The maximum atomic E-state index is 11.4. The Morgan fingerprint density at radius 3 is 2.81 bits per heavy atom. The van der Waals surface area contributed by atoms with E-state index in [-0.39, 0.29) is 5.56 Å². The van der Waals surface area contributed by atoms with Crippen LogP contribution in [0.3, 0.4) is 0 Å². The van der Waals surface area contributed by atoms with Crippen LogP contribution in [0.5, 0.6) is 0 Å². The van der Waals surface area contributed by atoms with E-state index in [4.69, 9.17) is 23.2 Å². The largest absolute Gasteiger partial charge is 0.312 e. The molecule has 0 fully saturated rings. The smallest absolute Gasteiger partial charge is 0.264 e. The predicted octanol–water partition coefficient (Wildman–Crippen LogP) is 3.23. The van der Waals surface area contributed by atoms with Crippen molar-refractivity contribution in [2.75, 3.05) is 0 Å². The summed E-state index contributed by atoms with van der Waals surface area (Å²) in [5, 5.41) is 0.907. The molecule has 1 aromatic carbocycles. The van der Waals surface area contributed by atoms with E-state index < -0.39 is 0 Å². The molecule has 0 aliphatic carbocycles. The van der Waals surface area contributed by atoms with E-state index in [9.17, 15) is 4.79 Å². The molecule has 2 rings (SSSR count). The van der Waals surface area contributed by atoms with Crippen molar-refractivity contribution in [3.05, 3.63) is 51.1 Å². The Labute approximate surface area is 106 Å². The third-order valence-electron chi connectivity index (χ3n) is 1.82. The molecule has 0 saturated carbocycles. The van der Waals surface area contributed by atoms with Crippen LogP contribution in [0.1, 0.15) is 0 Å². The SMILES string of the molecule is O=c1[nH]cncc1Sc1cccc(Cl)c1Cl. The maximum absolute atomic E-state index is 11.4. The molecule has 0 amide bonds. The summed E-state index contributed by atoms with van der Waals surface area (Å²) >= 11 is 13.1. The van der Waals surface area contributed by atoms with Gasteiger partial charge in [0.1, 0.15) is 0 Å². The minimum Gasteiger partial charge on any atom is -0.312 e. The number of aromatic nitrogens is 2. The molecule has 0 aliphatic rings. The second kappa shape index (κ2) is 4.91. The van der Waals surface area contributed by atoms with Gasteiger partial charge in [0.15, 0.2) is 0 Å². The Morgan fingerprint density at radius 1 is 1.25 bits per heavy atom.